The minimum Gasteiger partial charge on any atom is -0.383 e. The Hall–Kier alpha value is -1.26. The highest BCUT2D eigenvalue weighted by molar-refractivity contribution is 7.18. The van der Waals surface area contributed by atoms with E-state index in [-0.39, 0.29) is 12.2 Å². The molecule has 0 aliphatic rings. The quantitative estimate of drug-likeness (QED) is 0.887. The molecule has 84 valence electrons. The van der Waals surface area contributed by atoms with Crippen LogP contribution in [0.4, 0.5) is 0 Å². The Morgan fingerprint density at radius 1 is 1.44 bits per heavy atom. The standard InChI is InChI=1S/C12H13NO2S/c1-12(2,15)10(14)7-11-13-8-5-3-4-6-9(8)16-11/h3-6,15H,7H2,1-2H3. The van der Waals surface area contributed by atoms with Crippen LogP contribution in [0.25, 0.3) is 10.2 Å². The molecule has 0 radical (unpaired) electrons. The smallest absolute Gasteiger partial charge is 0.170 e. The van der Waals surface area contributed by atoms with Gasteiger partial charge in [-0.25, -0.2) is 4.98 Å². The molecule has 2 aromatic rings. The largest absolute Gasteiger partial charge is 0.383 e. The van der Waals surface area contributed by atoms with Crippen LogP contribution < -0.4 is 0 Å². The average Bonchev–Trinajstić information content (AvgIpc) is 2.58. The molecule has 4 heteroatoms. The third-order valence-corrected chi connectivity index (χ3v) is 3.37. The van der Waals surface area contributed by atoms with Gasteiger partial charge in [-0.05, 0) is 26.0 Å². The number of carbonyl (C=O) groups excluding carboxylic acids is 1. The molecule has 0 unspecified atom stereocenters. The van der Waals surface area contributed by atoms with Crippen molar-refractivity contribution in [1.82, 2.24) is 4.98 Å². The van der Waals surface area contributed by atoms with Gasteiger partial charge in [-0.15, -0.1) is 11.3 Å². The van der Waals surface area contributed by atoms with Gasteiger partial charge in [-0.2, -0.15) is 0 Å². The zero-order chi connectivity index (χ0) is 11.8. The Kier molecular flexibility index (Phi) is 2.78. The van der Waals surface area contributed by atoms with E-state index in [0.717, 1.165) is 15.2 Å². The Balaban J connectivity index is 2.25. The van der Waals surface area contributed by atoms with E-state index in [4.69, 9.17) is 0 Å². The third kappa shape index (κ3) is 2.28. The minimum atomic E-state index is -1.28. The van der Waals surface area contributed by atoms with Gasteiger partial charge in [0.25, 0.3) is 0 Å². The van der Waals surface area contributed by atoms with Crippen molar-refractivity contribution >= 4 is 27.3 Å². The normalized spacial score (nSPS) is 11.9. The summed E-state index contributed by atoms with van der Waals surface area (Å²) in [6, 6.07) is 7.76. The van der Waals surface area contributed by atoms with Crippen LogP contribution in [0.2, 0.25) is 0 Å². The van der Waals surface area contributed by atoms with Crippen molar-refractivity contribution in [2.45, 2.75) is 25.9 Å². The number of para-hydroxylation sites is 1. The number of rotatable bonds is 3. The molecule has 0 atom stereocenters. The van der Waals surface area contributed by atoms with E-state index >= 15 is 0 Å². The maximum absolute atomic E-state index is 11.6. The molecule has 1 aromatic carbocycles. The van der Waals surface area contributed by atoms with Crippen molar-refractivity contribution in [3.63, 3.8) is 0 Å². The molecular weight excluding hydrogens is 222 g/mol. The van der Waals surface area contributed by atoms with Crippen LogP contribution in [0, 0.1) is 0 Å². The van der Waals surface area contributed by atoms with Gasteiger partial charge in [0.2, 0.25) is 0 Å². The van der Waals surface area contributed by atoms with Crippen molar-refractivity contribution in [2.75, 3.05) is 0 Å². The van der Waals surface area contributed by atoms with E-state index in [2.05, 4.69) is 4.98 Å². The summed E-state index contributed by atoms with van der Waals surface area (Å²) in [5, 5.41) is 10.3. The van der Waals surface area contributed by atoms with Gasteiger partial charge >= 0.3 is 0 Å². The number of aliphatic hydroxyl groups is 1. The highest BCUT2D eigenvalue weighted by Crippen LogP contribution is 2.22. The predicted molar refractivity (Wildman–Crippen MR) is 64.6 cm³/mol. The van der Waals surface area contributed by atoms with E-state index in [0.29, 0.717) is 0 Å². The van der Waals surface area contributed by atoms with E-state index < -0.39 is 5.60 Å². The lowest BCUT2D eigenvalue weighted by Crippen LogP contribution is -2.32. The van der Waals surface area contributed by atoms with Gasteiger partial charge in [-0.3, -0.25) is 4.79 Å². The van der Waals surface area contributed by atoms with Crippen molar-refractivity contribution in [3.05, 3.63) is 29.3 Å². The molecular formula is C12H13NO2S. The summed E-state index contributed by atoms with van der Waals surface area (Å²) in [4.78, 5) is 16.0. The van der Waals surface area contributed by atoms with Crippen LogP contribution >= 0.6 is 11.3 Å². The summed E-state index contributed by atoms with van der Waals surface area (Å²) in [6.45, 7) is 3.01. The van der Waals surface area contributed by atoms with Crippen LogP contribution in [-0.2, 0) is 11.2 Å². The molecule has 3 nitrogen and oxygen atoms in total. The first kappa shape index (κ1) is 11.2. The first-order chi connectivity index (χ1) is 7.47. The monoisotopic (exact) mass is 235 g/mol. The van der Waals surface area contributed by atoms with Crippen molar-refractivity contribution < 1.29 is 9.90 Å². The molecule has 16 heavy (non-hydrogen) atoms. The first-order valence-electron chi connectivity index (χ1n) is 5.07. The van der Waals surface area contributed by atoms with Crippen molar-refractivity contribution in [1.29, 1.82) is 0 Å². The lowest BCUT2D eigenvalue weighted by Gasteiger charge is -2.13. The van der Waals surface area contributed by atoms with Crippen LogP contribution in [0.3, 0.4) is 0 Å². The number of fused-ring (bicyclic) bond motifs is 1. The summed E-state index contributed by atoms with van der Waals surface area (Å²) in [5.74, 6) is -0.202. The van der Waals surface area contributed by atoms with Gasteiger partial charge in [0.05, 0.1) is 16.6 Å². The maximum atomic E-state index is 11.6. The molecule has 0 aliphatic heterocycles. The fraction of sp³-hybridized carbons (Fsp3) is 0.333. The number of benzene rings is 1. The van der Waals surface area contributed by atoms with Crippen LogP contribution in [0.5, 0.6) is 0 Å². The number of hydrogen-bond acceptors (Lipinski definition) is 4. The van der Waals surface area contributed by atoms with E-state index in [1.54, 1.807) is 0 Å². The van der Waals surface area contributed by atoms with Gasteiger partial charge in [-0.1, -0.05) is 12.1 Å². The highest BCUT2D eigenvalue weighted by Gasteiger charge is 2.24. The number of aromatic nitrogens is 1. The zero-order valence-corrected chi connectivity index (χ0v) is 10.0. The second kappa shape index (κ2) is 3.96. The minimum absolute atomic E-state index is 0.197. The van der Waals surface area contributed by atoms with Crippen LogP contribution in [0.1, 0.15) is 18.9 Å². The SMILES string of the molecule is CC(C)(O)C(=O)Cc1nc2ccccc2s1. The number of thiazole rings is 1. The number of nitrogens with zero attached hydrogens (tertiary/aromatic N) is 1. The Labute approximate surface area is 97.8 Å². The second-order valence-electron chi connectivity index (χ2n) is 4.23. The summed E-state index contributed by atoms with van der Waals surface area (Å²) in [6.07, 6.45) is 0.197. The molecule has 1 heterocycles. The Morgan fingerprint density at radius 3 is 2.75 bits per heavy atom. The summed E-state index contributed by atoms with van der Waals surface area (Å²) >= 11 is 1.50. The lowest BCUT2D eigenvalue weighted by molar-refractivity contribution is -0.133. The molecule has 0 aliphatic carbocycles. The van der Waals surface area contributed by atoms with Gasteiger partial charge in [0.15, 0.2) is 5.78 Å². The number of carbonyl (C=O) groups is 1. The van der Waals surface area contributed by atoms with E-state index in [9.17, 15) is 9.90 Å². The van der Waals surface area contributed by atoms with Gasteiger partial charge in [0.1, 0.15) is 10.6 Å². The average molecular weight is 235 g/mol. The molecule has 1 N–H and O–H groups in total. The van der Waals surface area contributed by atoms with Crippen LogP contribution in [0.15, 0.2) is 24.3 Å². The number of ketones is 1. The lowest BCUT2D eigenvalue weighted by atomic mass is 10.0. The molecule has 0 amide bonds. The third-order valence-electron chi connectivity index (χ3n) is 2.33. The summed E-state index contributed by atoms with van der Waals surface area (Å²) in [5.41, 5.74) is -0.372. The second-order valence-corrected chi connectivity index (χ2v) is 5.35. The maximum Gasteiger partial charge on any atom is 0.170 e. The Bertz CT molecular complexity index is 492. The van der Waals surface area contributed by atoms with Gasteiger partial charge < -0.3 is 5.11 Å². The highest BCUT2D eigenvalue weighted by atomic mass is 32.1. The number of hydrogen-bond donors (Lipinski definition) is 1. The molecule has 0 saturated heterocycles. The fourth-order valence-corrected chi connectivity index (χ4v) is 2.32. The molecule has 0 spiro atoms. The van der Waals surface area contributed by atoms with Crippen molar-refractivity contribution in [3.8, 4) is 0 Å². The van der Waals surface area contributed by atoms with Crippen LogP contribution in [-0.4, -0.2) is 21.5 Å². The molecule has 0 fully saturated rings. The summed E-state index contributed by atoms with van der Waals surface area (Å²) < 4.78 is 1.07. The molecule has 2 rings (SSSR count). The molecule has 1 aromatic heterocycles. The fourth-order valence-electron chi connectivity index (χ4n) is 1.35. The van der Waals surface area contributed by atoms with Gasteiger partial charge in [0, 0.05) is 0 Å². The topological polar surface area (TPSA) is 50.2 Å². The zero-order valence-electron chi connectivity index (χ0n) is 9.23. The van der Waals surface area contributed by atoms with Crippen molar-refractivity contribution in [2.24, 2.45) is 0 Å². The summed E-state index contributed by atoms with van der Waals surface area (Å²) in [7, 11) is 0. The number of Topliss-reactive ketones (excluding diaryl/α,β-unsaturated/α-hetero) is 1. The predicted octanol–water partition coefficient (Wildman–Crippen LogP) is 2.18. The van der Waals surface area contributed by atoms with E-state index in [1.165, 1.54) is 25.2 Å². The van der Waals surface area contributed by atoms with E-state index in [1.807, 2.05) is 24.3 Å². The first-order valence-corrected chi connectivity index (χ1v) is 5.88. The molecule has 0 bridgehead atoms. The Morgan fingerprint density at radius 2 is 2.12 bits per heavy atom. The molecule has 0 saturated carbocycles.